The van der Waals surface area contributed by atoms with E-state index in [9.17, 15) is 13.2 Å². The van der Waals surface area contributed by atoms with Crippen molar-refractivity contribution in [1.82, 2.24) is 0 Å². The average molecular weight is 358 g/mol. The molecule has 0 heterocycles. The molecule has 1 aliphatic rings. The molecule has 1 saturated carbocycles. The molecule has 25 heavy (non-hydrogen) atoms. The number of benzene rings is 2. The molecule has 0 atom stereocenters. The van der Waals surface area contributed by atoms with Gasteiger partial charge in [0.25, 0.3) is 0 Å². The molecule has 132 valence electrons. The number of nitrogens with one attached hydrogen (secondary N) is 1. The van der Waals surface area contributed by atoms with Crippen LogP contribution in [0.25, 0.3) is 0 Å². The Morgan fingerprint density at radius 1 is 1.08 bits per heavy atom. The lowest BCUT2D eigenvalue weighted by molar-refractivity contribution is -0.118. The maximum atomic E-state index is 12.7. The van der Waals surface area contributed by atoms with E-state index in [0.717, 1.165) is 36.8 Å². The SMILES string of the molecule is CS(=O)(=O)Nc1ccc(N(C(=O)CCc2ccccc2)C2CC2)cc1. The summed E-state index contributed by atoms with van der Waals surface area (Å²) >= 11 is 0. The van der Waals surface area contributed by atoms with Crippen LogP contribution in [0.3, 0.4) is 0 Å². The van der Waals surface area contributed by atoms with Crippen molar-refractivity contribution in [2.75, 3.05) is 15.9 Å². The van der Waals surface area contributed by atoms with Gasteiger partial charge in [-0.15, -0.1) is 0 Å². The number of sulfonamides is 1. The Balaban J connectivity index is 1.69. The Bertz CT molecular complexity index is 829. The van der Waals surface area contributed by atoms with Crippen LogP contribution in [0.5, 0.6) is 0 Å². The van der Waals surface area contributed by atoms with Crippen LogP contribution in [-0.4, -0.2) is 26.6 Å². The van der Waals surface area contributed by atoms with Gasteiger partial charge in [0.05, 0.1) is 6.26 Å². The zero-order valence-electron chi connectivity index (χ0n) is 14.2. The molecule has 0 spiro atoms. The van der Waals surface area contributed by atoms with Gasteiger partial charge in [-0.3, -0.25) is 9.52 Å². The molecule has 3 rings (SSSR count). The summed E-state index contributed by atoms with van der Waals surface area (Å²) in [4.78, 5) is 14.6. The second-order valence-corrected chi connectivity index (χ2v) is 8.15. The van der Waals surface area contributed by atoms with Crippen molar-refractivity contribution in [3.63, 3.8) is 0 Å². The summed E-state index contributed by atoms with van der Waals surface area (Å²) in [5, 5.41) is 0. The molecule has 1 N–H and O–H groups in total. The first kappa shape index (κ1) is 17.5. The van der Waals surface area contributed by atoms with Gasteiger partial charge in [0.2, 0.25) is 15.9 Å². The Kier molecular flexibility index (Phi) is 5.08. The molecule has 1 amide bonds. The van der Waals surface area contributed by atoms with Crippen LogP contribution in [0.4, 0.5) is 11.4 Å². The molecular weight excluding hydrogens is 336 g/mol. The predicted molar refractivity (Wildman–Crippen MR) is 100 cm³/mol. The zero-order valence-corrected chi connectivity index (χ0v) is 15.0. The molecule has 0 radical (unpaired) electrons. The summed E-state index contributed by atoms with van der Waals surface area (Å²) < 4.78 is 25.0. The minimum absolute atomic E-state index is 0.107. The predicted octanol–water partition coefficient (Wildman–Crippen LogP) is 3.19. The highest BCUT2D eigenvalue weighted by molar-refractivity contribution is 7.92. The fraction of sp³-hybridized carbons (Fsp3) is 0.316. The molecule has 5 nitrogen and oxygen atoms in total. The van der Waals surface area contributed by atoms with E-state index < -0.39 is 10.0 Å². The van der Waals surface area contributed by atoms with Gasteiger partial charge in [0.1, 0.15) is 0 Å². The lowest BCUT2D eigenvalue weighted by Crippen LogP contribution is -2.33. The first-order valence-corrected chi connectivity index (χ1v) is 10.3. The summed E-state index contributed by atoms with van der Waals surface area (Å²) in [6, 6.07) is 17.2. The second-order valence-electron chi connectivity index (χ2n) is 6.40. The fourth-order valence-electron chi connectivity index (χ4n) is 2.81. The zero-order chi connectivity index (χ0) is 17.9. The third-order valence-electron chi connectivity index (χ3n) is 4.10. The summed E-state index contributed by atoms with van der Waals surface area (Å²) in [7, 11) is -3.30. The van der Waals surface area contributed by atoms with Gasteiger partial charge in [-0.2, -0.15) is 0 Å². The molecule has 1 aliphatic carbocycles. The number of carbonyl (C=O) groups is 1. The van der Waals surface area contributed by atoms with Crippen molar-refractivity contribution in [2.45, 2.75) is 31.7 Å². The van der Waals surface area contributed by atoms with E-state index in [0.29, 0.717) is 12.1 Å². The number of anilines is 2. The highest BCUT2D eigenvalue weighted by Gasteiger charge is 2.33. The Hall–Kier alpha value is -2.34. The molecule has 1 fully saturated rings. The summed E-state index contributed by atoms with van der Waals surface area (Å²) in [5.41, 5.74) is 2.47. The number of hydrogen-bond acceptors (Lipinski definition) is 3. The maximum Gasteiger partial charge on any atom is 0.229 e. The van der Waals surface area contributed by atoms with E-state index in [-0.39, 0.29) is 11.9 Å². The molecule has 0 aromatic heterocycles. The minimum atomic E-state index is -3.30. The molecule has 2 aromatic carbocycles. The highest BCUT2D eigenvalue weighted by Crippen LogP contribution is 2.33. The van der Waals surface area contributed by atoms with E-state index in [1.165, 1.54) is 0 Å². The van der Waals surface area contributed by atoms with Crippen LogP contribution in [0, 0.1) is 0 Å². The molecule has 0 bridgehead atoms. The Labute approximate surface area is 148 Å². The number of carbonyl (C=O) groups excluding carboxylic acids is 1. The fourth-order valence-corrected chi connectivity index (χ4v) is 3.38. The van der Waals surface area contributed by atoms with Crippen molar-refractivity contribution < 1.29 is 13.2 Å². The van der Waals surface area contributed by atoms with Crippen LogP contribution >= 0.6 is 0 Å². The maximum absolute atomic E-state index is 12.7. The monoisotopic (exact) mass is 358 g/mol. The smallest absolute Gasteiger partial charge is 0.229 e. The number of amides is 1. The molecule has 0 unspecified atom stereocenters. The van der Waals surface area contributed by atoms with Crippen molar-refractivity contribution in [2.24, 2.45) is 0 Å². The highest BCUT2D eigenvalue weighted by atomic mass is 32.2. The van der Waals surface area contributed by atoms with Gasteiger partial charge in [-0.25, -0.2) is 8.42 Å². The van der Waals surface area contributed by atoms with Crippen molar-refractivity contribution in [3.8, 4) is 0 Å². The Morgan fingerprint density at radius 3 is 2.28 bits per heavy atom. The van der Waals surface area contributed by atoms with Crippen LogP contribution in [-0.2, 0) is 21.2 Å². The molecular formula is C19H22N2O3S. The van der Waals surface area contributed by atoms with Crippen molar-refractivity contribution in [3.05, 3.63) is 60.2 Å². The largest absolute Gasteiger partial charge is 0.309 e. The number of nitrogens with zero attached hydrogens (tertiary/aromatic N) is 1. The third-order valence-corrected chi connectivity index (χ3v) is 4.71. The average Bonchev–Trinajstić information content (AvgIpc) is 3.39. The first-order valence-electron chi connectivity index (χ1n) is 8.36. The molecule has 2 aromatic rings. The van der Waals surface area contributed by atoms with Crippen molar-refractivity contribution >= 4 is 27.3 Å². The summed E-state index contributed by atoms with van der Waals surface area (Å²) in [6.45, 7) is 0. The van der Waals surface area contributed by atoms with E-state index in [2.05, 4.69) is 4.72 Å². The van der Waals surface area contributed by atoms with Crippen LogP contribution in [0.2, 0.25) is 0 Å². The molecule has 0 saturated heterocycles. The quantitative estimate of drug-likeness (QED) is 0.827. The van der Waals surface area contributed by atoms with Crippen LogP contribution < -0.4 is 9.62 Å². The van der Waals surface area contributed by atoms with Gasteiger partial charge in [-0.05, 0) is 49.1 Å². The van der Waals surface area contributed by atoms with Gasteiger partial charge in [-0.1, -0.05) is 30.3 Å². The normalized spacial score (nSPS) is 14.1. The molecule has 0 aliphatic heterocycles. The van der Waals surface area contributed by atoms with Gasteiger partial charge in [0.15, 0.2) is 0 Å². The van der Waals surface area contributed by atoms with Gasteiger partial charge in [0, 0.05) is 23.8 Å². The number of rotatable bonds is 7. The van der Waals surface area contributed by atoms with E-state index in [1.54, 1.807) is 24.3 Å². The lowest BCUT2D eigenvalue weighted by Gasteiger charge is -2.23. The minimum Gasteiger partial charge on any atom is -0.309 e. The van der Waals surface area contributed by atoms with Crippen LogP contribution in [0.1, 0.15) is 24.8 Å². The standard InChI is InChI=1S/C19H22N2O3S/c1-25(23,24)20-16-8-10-17(11-9-16)21(18-12-13-18)19(22)14-7-15-5-3-2-4-6-15/h2-6,8-11,18,20H,7,12-14H2,1H3. The summed E-state index contributed by atoms with van der Waals surface area (Å²) in [6.07, 6.45) is 4.33. The van der Waals surface area contributed by atoms with E-state index in [4.69, 9.17) is 0 Å². The number of aryl methyl sites for hydroxylation is 1. The summed E-state index contributed by atoms with van der Waals surface area (Å²) in [5.74, 6) is 0.107. The van der Waals surface area contributed by atoms with Gasteiger partial charge >= 0.3 is 0 Å². The first-order chi connectivity index (χ1) is 11.9. The Morgan fingerprint density at radius 2 is 1.72 bits per heavy atom. The third kappa shape index (κ3) is 5.06. The van der Waals surface area contributed by atoms with Crippen LogP contribution in [0.15, 0.2) is 54.6 Å². The van der Waals surface area contributed by atoms with E-state index in [1.807, 2.05) is 35.2 Å². The topological polar surface area (TPSA) is 66.5 Å². The van der Waals surface area contributed by atoms with Gasteiger partial charge < -0.3 is 4.90 Å². The second kappa shape index (κ2) is 7.27. The lowest BCUT2D eigenvalue weighted by atomic mass is 10.1. The molecule has 6 heteroatoms. The number of hydrogen-bond donors (Lipinski definition) is 1. The van der Waals surface area contributed by atoms with E-state index >= 15 is 0 Å². The van der Waals surface area contributed by atoms with Crippen molar-refractivity contribution in [1.29, 1.82) is 0 Å².